The molecule has 6 atom stereocenters. The number of hydrogen-bond acceptors (Lipinski definition) is 23. The fourth-order valence-electron chi connectivity index (χ4n) is 13.9. The van der Waals surface area contributed by atoms with Gasteiger partial charge in [-0.15, -0.1) is 0 Å². The molecule has 7 aliphatic heterocycles. The number of piperidine rings is 3. The minimum atomic E-state index is -0.315. The number of urea groups is 2. The molecule has 0 spiro atoms. The smallest absolute Gasteiger partial charge is 0.315 e. The summed E-state index contributed by atoms with van der Waals surface area (Å²) in [4.78, 5) is 111. The number of carbonyl (C=O) groups is 7. The molecule has 552 valence electrons. The van der Waals surface area contributed by atoms with Crippen molar-refractivity contribution in [3.8, 4) is 0 Å². The molecule has 9 rings (SSSR count). The van der Waals surface area contributed by atoms with Gasteiger partial charge in [0.1, 0.15) is 11.6 Å². The van der Waals surface area contributed by atoms with E-state index in [1.54, 1.807) is 18.2 Å². The second kappa shape index (κ2) is 43.0. The molecule has 99 heavy (non-hydrogen) atoms. The molecule has 8 heterocycles. The molecular weight excluding hydrogens is 1310 g/mol. The van der Waals surface area contributed by atoms with Crippen LogP contribution in [0.2, 0.25) is 0 Å². The maximum atomic E-state index is 14.1. The number of hydrogen-bond donors (Lipinski definition) is 7. The third kappa shape index (κ3) is 26.8. The van der Waals surface area contributed by atoms with Gasteiger partial charge in [-0.05, 0) is 134 Å². The summed E-state index contributed by atoms with van der Waals surface area (Å²) in [6, 6.07) is 6.11. The van der Waals surface area contributed by atoms with Gasteiger partial charge in [0.15, 0.2) is 11.6 Å². The van der Waals surface area contributed by atoms with Crippen LogP contribution in [0.1, 0.15) is 188 Å². The maximum Gasteiger partial charge on any atom is 0.315 e. The highest BCUT2D eigenvalue weighted by Crippen LogP contribution is 2.35. The first-order valence-corrected chi connectivity index (χ1v) is 39.3. The van der Waals surface area contributed by atoms with E-state index in [0.29, 0.717) is 213 Å². The van der Waals surface area contributed by atoms with Crippen LogP contribution in [0.15, 0.2) is 18.2 Å². The van der Waals surface area contributed by atoms with Crippen molar-refractivity contribution in [1.29, 1.82) is 0 Å². The Balaban J connectivity index is 0.637. The summed E-state index contributed by atoms with van der Waals surface area (Å²) >= 11 is 3.82. The molecule has 28 heteroatoms. The van der Waals surface area contributed by atoms with E-state index in [0.717, 1.165) is 128 Å². The first-order valence-electron chi connectivity index (χ1n) is 37.2. The molecule has 1 aromatic heterocycles. The molecule has 5 amide bonds. The van der Waals surface area contributed by atoms with Gasteiger partial charge in [-0.25, -0.2) is 9.59 Å². The quantitative estimate of drug-likeness (QED) is 0.0194. The zero-order valence-corrected chi connectivity index (χ0v) is 60.0. The van der Waals surface area contributed by atoms with Gasteiger partial charge in [0, 0.05) is 161 Å². The van der Waals surface area contributed by atoms with Crippen LogP contribution in [0.5, 0.6) is 0 Å². The van der Waals surface area contributed by atoms with Crippen molar-refractivity contribution in [3.05, 3.63) is 29.3 Å². The number of Topliss-reactive ketones (excluding diaryl/α,β-unsaturated/α-hetero) is 4. The summed E-state index contributed by atoms with van der Waals surface area (Å²) in [5, 5.41) is 16.0. The summed E-state index contributed by atoms with van der Waals surface area (Å²) in [5.74, 6) is 3.67. The summed E-state index contributed by atoms with van der Waals surface area (Å²) in [5.41, 5.74) is 13.7. The number of anilines is 4. The van der Waals surface area contributed by atoms with Crippen LogP contribution in [0.4, 0.5) is 33.1 Å². The van der Waals surface area contributed by atoms with Gasteiger partial charge in [0.2, 0.25) is 23.8 Å². The number of unbranched alkanes of at least 4 members (excludes halogenated alkanes) is 6. The van der Waals surface area contributed by atoms with E-state index < -0.39 is 0 Å². The lowest BCUT2D eigenvalue weighted by Gasteiger charge is -2.35. The monoisotopic (exact) mass is 1420 g/mol. The molecule has 0 radical (unpaired) electrons. The number of carbonyl (C=O) groups excluding carboxylic acids is 7. The standard InChI is InChI=1S/C71H113N13O13S2/c72-53-23-29-83(30-24-53)68-79-67(80-69(81-68)84-31-25-54(73)26-32-84)82-27-21-50(22-28-82)66(89)74-55-46-51(60(87)17-7-11-35-94-39-43-96-41-37-92-33-9-5-15-56(85)13-1-3-19-62-64-58(48-98-62)75-70(90)77-64)45-52(47-55)61(88)18-8-12-36-95-40-44-97-42-38-93-34-10-6-16-57(86)14-2-4-20-63-65-59(49-99-63)76-71(91)78-65/h45-47,50,53-54,58-59,62-65H,1-44,48-49,72-73H2,(H,74,89)(H2,75,77,90)(H2,76,78,91). The average Bonchev–Trinajstić information content (AvgIpc) is 1.65. The Kier molecular flexibility index (Phi) is 33.8. The highest BCUT2D eigenvalue weighted by Gasteiger charge is 2.44. The average molecular weight is 1420 g/mol. The van der Waals surface area contributed by atoms with E-state index in [9.17, 15) is 33.6 Å². The Labute approximate surface area is 593 Å². The van der Waals surface area contributed by atoms with Crippen LogP contribution < -0.4 is 52.8 Å². The van der Waals surface area contributed by atoms with Gasteiger partial charge in [-0.3, -0.25) is 24.0 Å². The minimum absolute atomic E-state index is 0.0647. The number of fused-ring (bicyclic) bond motifs is 2. The first-order chi connectivity index (χ1) is 48.3. The Bertz CT molecular complexity index is 2690. The molecule has 1 aromatic carbocycles. The van der Waals surface area contributed by atoms with Crippen molar-refractivity contribution in [2.45, 2.75) is 214 Å². The summed E-state index contributed by atoms with van der Waals surface area (Å²) in [7, 11) is 0. The Hall–Kier alpha value is -5.30. The van der Waals surface area contributed by atoms with Crippen LogP contribution in [0.3, 0.4) is 0 Å². The van der Waals surface area contributed by atoms with Crippen molar-refractivity contribution in [1.82, 2.24) is 36.2 Å². The molecule has 7 fully saturated rings. The van der Waals surface area contributed by atoms with Gasteiger partial charge in [0.25, 0.3) is 0 Å². The van der Waals surface area contributed by atoms with Crippen LogP contribution in [-0.4, -0.2) is 233 Å². The summed E-state index contributed by atoms with van der Waals surface area (Å²) in [6.07, 6.45) is 19.0. The number of amides is 5. The summed E-state index contributed by atoms with van der Waals surface area (Å²) in [6.45, 7) is 9.78. The second-order valence-electron chi connectivity index (χ2n) is 27.6. The highest BCUT2D eigenvalue weighted by molar-refractivity contribution is 8.00. The van der Waals surface area contributed by atoms with E-state index >= 15 is 0 Å². The number of ether oxygens (including phenoxy) is 6. The molecule has 26 nitrogen and oxygen atoms in total. The molecule has 2 aromatic rings. The predicted molar refractivity (Wildman–Crippen MR) is 386 cm³/mol. The van der Waals surface area contributed by atoms with E-state index in [1.807, 2.05) is 23.5 Å². The van der Waals surface area contributed by atoms with Gasteiger partial charge < -0.3 is 81.2 Å². The number of thioether (sulfide) groups is 2. The van der Waals surface area contributed by atoms with Crippen LogP contribution >= 0.6 is 23.5 Å². The van der Waals surface area contributed by atoms with Crippen molar-refractivity contribution < 1.29 is 62.0 Å². The SMILES string of the molecule is NC1CCN(c2nc(N3CCC(N)CC3)nc(N3CCC(C(=O)Nc4cc(C(=O)CCCCOCCOCCOCCCCC(=O)CCCCC5SCC6NC(=O)NC65)cc(C(=O)CCCCOCCOCCOCCCCC(=O)CCCCC5SCC6NC(=O)NC65)c4)CC3)n2)CC1. The number of nitrogens with one attached hydrogen (secondary N) is 5. The van der Waals surface area contributed by atoms with E-state index in [-0.39, 0.29) is 84.5 Å². The number of nitrogens with two attached hydrogens (primary N) is 2. The maximum absolute atomic E-state index is 14.1. The molecule has 7 saturated heterocycles. The number of rotatable bonds is 49. The normalized spacial score (nSPS) is 21.9. The van der Waals surface area contributed by atoms with Crippen LogP contribution in [0.25, 0.3) is 0 Å². The first kappa shape index (κ1) is 77.8. The lowest BCUT2D eigenvalue weighted by molar-refractivity contribution is -0.121. The Morgan fingerprint density at radius 1 is 0.434 bits per heavy atom. The zero-order valence-electron chi connectivity index (χ0n) is 58.4. The van der Waals surface area contributed by atoms with Gasteiger partial charge in [0.05, 0.1) is 77.0 Å². The summed E-state index contributed by atoms with van der Waals surface area (Å²) < 4.78 is 34.4. The fourth-order valence-corrected chi connectivity index (χ4v) is 16.9. The molecule has 0 aliphatic carbocycles. The number of benzene rings is 1. The Morgan fingerprint density at radius 3 is 1.14 bits per heavy atom. The van der Waals surface area contributed by atoms with Crippen molar-refractivity contribution in [3.63, 3.8) is 0 Å². The van der Waals surface area contributed by atoms with Crippen molar-refractivity contribution in [2.75, 3.05) is 150 Å². The highest BCUT2D eigenvalue weighted by atomic mass is 32.2. The molecule has 9 N–H and O–H groups in total. The molecule has 7 aliphatic rings. The largest absolute Gasteiger partial charge is 0.379 e. The van der Waals surface area contributed by atoms with Gasteiger partial charge in [-0.1, -0.05) is 12.8 Å². The second-order valence-corrected chi connectivity index (χ2v) is 30.1. The van der Waals surface area contributed by atoms with Crippen molar-refractivity contribution in [2.24, 2.45) is 17.4 Å². The molecule has 6 unspecified atom stereocenters. The van der Waals surface area contributed by atoms with Crippen LogP contribution in [-0.2, 0) is 42.8 Å². The van der Waals surface area contributed by atoms with Gasteiger partial charge >= 0.3 is 12.1 Å². The molecule has 0 saturated carbocycles. The molecular formula is C71H113N13O13S2. The number of nitrogens with zero attached hydrogens (tertiary/aromatic N) is 6. The van der Waals surface area contributed by atoms with Gasteiger partial charge in [-0.2, -0.15) is 38.5 Å². The van der Waals surface area contributed by atoms with E-state index in [4.69, 9.17) is 54.8 Å². The third-order valence-corrected chi connectivity index (χ3v) is 22.9. The lowest BCUT2D eigenvalue weighted by Crippen LogP contribution is -2.43. The topological polar surface area (TPSA) is 335 Å². The van der Waals surface area contributed by atoms with Crippen molar-refractivity contribution >= 4 is 88.2 Å². The lowest BCUT2D eigenvalue weighted by atomic mass is 9.95. The minimum Gasteiger partial charge on any atom is -0.379 e. The zero-order chi connectivity index (χ0) is 69.4. The van der Waals surface area contributed by atoms with Crippen LogP contribution in [0, 0.1) is 5.92 Å². The number of aromatic nitrogens is 3. The number of ketones is 4. The predicted octanol–water partition coefficient (Wildman–Crippen LogP) is 7.32. The third-order valence-electron chi connectivity index (χ3n) is 19.9. The van der Waals surface area contributed by atoms with E-state index in [1.165, 1.54) is 0 Å². The fraction of sp³-hybridized carbons (Fsp3) is 0.775. The molecule has 0 bridgehead atoms. The van der Waals surface area contributed by atoms with E-state index in [2.05, 4.69) is 41.3 Å². The Morgan fingerprint density at radius 2 is 0.768 bits per heavy atom.